The second-order valence-electron chi connectivity index (χ2n) is 3.00. The van der Waals surface area contributed by atoms with Gasteiger partial charge in [0.1, 0.15) is 5.82 Å². The van der Waals surface area contributed by atoms with E-state index in [0.717, 1.165) is 5.56 Å². The number of aryl methyl sites for hydroxylation is 1. The monoisotopic (exact) mass is 209 g/mol. The van der Waals surface area contributed by atoms with Crippen molar-refractivity contribution in [3.05, 3.63) is 34.4 Å². The third-order valence-corrected chi connectivity index (χ3v) is 2.07. The maximum atomic E-state index is 13.4. The van der Waals surface area contributed by atoms with Crippen LogP contribution in [0.3, 0.4) is 0 Å². The Labute approximate surface area is 85.0 Å². The Kier molecular flexibility index (Phi) is 2.17. The lowest BCUT2D eigenvalue weighted by Crippen LogP contribution is -1.87. The molecule has 0 saturated carbocycles. The summed E-state index contributed by atoms with van der Waals surface area (Å²) in [5.41, 5.74) is 1.40. The van der Waals surface area contributed by atoms with Gasteiger partial charge < -0.3 is 0 Å². The van der Waals surface area contributed by atoms with Gasteiger partial charge in [-0.25, -0.2) is 4.39 Å². The number of hydrogen-bond donors (Lipinski definition) is 2. The Morgan fingerprint density at radius 1 is 1.36 bits per heavy atom. The van der Waals surface area contributed by atoms with E-state index in [-0.39, 0.29) is 5.82 Å². The zero-order chi connectivity index (χ0) is 10.1. The number of rotatable bonds is 1. The molecule has 0 aliphatic heterocycles. The van der Waals surface area contributed by atoms with Gasteiger partial charge in [0.15, 0.2) is 5.82 Å². The number of nitrogens with one attached hydrogen (secondary N) is 2. The lowest BCUT2D eigenvalue weighted by atomic mass is 10.1. The van der Waals surface area contributed by atoms with E-state index in [1.807, 2.05) is 6.92 Å². The molecule has 0 atom stereocenters. The zero-order valence-electron chi connectivity index (χ0n) is 7.47. The molecular weight excluding hydrogens is 201 g/mol. The third kappa shape index (κ3) is 1.58. The average molecular weight is 209 g/mol. The van der Waals surface area contributed by atoms with Crippen LogP contribution in [0.25, 0.3) is 11.4 Å². The third-order valence-electron chi connectivity index (χ3n) is 1.88. The van der Waals surface area contributed by atoms with Crippen LogP contribution in [-0.2, 0) is 0 Å². The predicted molar refractivity (Wildman–Crippen MR) is 53.9 cm³/mol. The minimum Gasteiger partial charge on any atom is -0.282 e. The summed E-state index contributed by atoms with van der Waals surface area (Å²) in [6.45, 7) is 1.89. The minimum absolute atomic E-state index is 0.312. The van der Waals surface area contributed by atoms with Gasteiger partial charge in [0.2, 0.25) is 4.77 Å². The van der Waals surface area contributed by atoms with E-state index in [2.05, 4.69) is 15.2 Å². The predicted octanol–water partition coefficient (Wildman–Crippen LogP) is 2.58. The summed E-state index contributed by atoms with van der Waals surface area (Å²) in [7, 11) is 0. The summed E-state index contributed by atoms with van der Waals surface area (Å²) in [5.74, 6) is 0.115. The molecule has 0 amide bonds. The van der Waals surface area contributed by atoms with Crippen molar-refractivity contribution in [2.45, 2.75) is 6.92 Å². The molecule has 1 aromatic heterocycles. The molecule has 0 aliphatic rings. The van der Waals surface area contributed by atoms with Crippen LogP contribution >= 0.6 is 12.2 Å². The molecule has 2 rings (SSSR count). The summed E-state index contributed by atoms with van der Waals surface area (Å²) < 4.78 is 13.7. The SMILES string of the molecule is Cc1ccc(F)c(-c2nc(=S)[nH][nH]2)c1. The highest BCUT2D eigenvalue weighted by Gasteiger charge is 2.07. The van der Waals surface area contributed by atoms with Gasteiger partial charge in [-0.2, -0.15) is 4.98 Å². The van der Waals surface area contributed by atoms with Crippen LogP contribution in [0.15, 0.2) is 18.2 Å². The Hall–Kier alpha value is -1.49. The van der Waals surface area contributed by atoms with Crippen LogP contribution in [0.4, 0.5) is 4.39 Å². The topological polar surface area (TPSA) is 44.5 Å². The quantitative estimate of drug-likeness (QED) is 0.709. The highest BCUT2D eigenvalue weighted by Crippen LogP contribution is 2.19. The molecule has 72 valence electrons. The van der Waals surface area contributed by atoms with Crippen molar-refractivity contribution in [2.24, 2.45) is 0 Å². The fourth-order valence-electron chi connectivity index (χ4n) is 1.22. The first kappa shape index (κ1) is 9.08. The normalized spacial score (nSPS) is 10.4. The molecule has 5 heteroatoms. The van der Waals surface area contributed by atoms with Crippen LogP contribution in [-0.4, -0.2) is 15.2 Å². The number of H-pyrrole nitrogens is 2. The van der Waals surface area contributed by atoms with Crippen LogP contribution in [0.5, 0.6) is 0 Å². The lowest BCUT2D eigenvalue weighted by Gasteiger charge is -1.99. The summed E-state index contributed by atoms with van der Waals surface area (Å²) in [6, 6.07) is 4.84. The van der Waals surface area contributed by atoms with Crippen molar-refractivity contribution in [3.63, 3.8) is 0 Å². The first-order chi connectivity index (χ1) is 6.66. The minimum atomic E-state index is -0.312. The molecule has 0 saturated heterocycles. The fraction of sp³-hybridized carbons (Fsp3) is 0.111. The number of hydrogen-bond acceptors (Lipinski definition) is 2. The number of nitrogens with zero attached hydrogens (tertiary/aromatic N) is 1. The van der Waals surface area contributed by atoms with Gasteiger partial charge in [-0.3, -0.25) is 10.2 Å². The van der Waals surface area contributed by atoms with Crippen molar-refractivity contribution < 1.29 is 4.39 Å². The molecule has 0 fully saturated rings. The van der Waals surface area contributed by atoms with E-state index in [1.54, 1.807) is 12.1 Å². The molecular formula is C9H8FN3S. The van der Waals surface area contributed by atoms with Crippen molar-refractivity contribution in [1.29, 1.82) is 0 Å². The van der Waals surface area contributed by atoms with Crippen molar-refractivity contribution in [3.8, 4) is 11.4 Å². The van der Waals surface area contributed by atoms with E-state index in [1.165, 1.54) is 6.07 Å². The van der Waals surface area contributed by atoms with Crippen LogP contribution in [0.2, 0.25) is 0 Å². The maximum absolute atomic E-state index is 13.4. The van der Waals surface area contributed by atoms with Gasteiger partial charge in [-0.15, -0.1) is 0 Å². The van der Waals surface area contributed by atoms with Crippen molar-refractivity contribution in [2.75, 3.05) is 0 Å². The van der Waals surface area contributed by atoms with Crippen LogP contribution < -0.4 is 0 Å². The van der Waals surface area contributed by atoms with Gasteiger partial charge in [0.05, 0.1) is 5.56 Å². The number of aromatic nitrogens is 3. The standard InChI is InChI=1S/C9H8FN3S/c1-5-2-3-7(10)6(4-5)8-11-9(14)13-12-8/h2-4H,1H3,(H2,11,12,13,14). The number of aromatic amines is 2. The molecule has 0 radical (unpaired) electrons. The Morgan fingerprint density at radius 2 is 2.14 bits per heavy atom. The van der Waals surface area contributed by atoms with Gasteiger partial charge in [-0.05, 0) is 31.3 Å². The molecule has 1 aromatic carbocycles. The molecule has 0 aliphatic carbocycles. The number of benzene rings is 1. The summed E-state index contributed by atoms with van der Waals surface area (Å²) in [4.78, 5) is 3.95. The largest absolute Gasteiger partial charge is 0.282 e. The van der Waals surface area contributed by atoms with E-state index in [4.69, 9.17) is 12.2 Å². The summed E-state index contributed by atoms with van der Waals surface area (Å²) >= 11 is 4.79. The second-order valence-corrected chi connectivity index (χ2v) is 3.39. The highest BCUT2D eigenvalue weighted by atomic mass is 32.1. The molecule has 0 unspecified atom stereocenters. The van der Waals surface area contributed by atoms with Gasteiger partial charge in [0, 0.05) is 0 Å². The molecule has 0 bridgehead atoms. The molecule has 2 N–H and O–H groups in total. The van der Waals surface area contributed by atoms with Gasteiger partial charge >= 0.3 is 0 Å². The van der Waals surface area contributed by atoms with Gasteiger partial charge in [-0.1, -0.05) is 11.6 Å². The molecule has 3 nitrogen and oxygen atoms in total. The van der Waals surface area contributed by atoms with E-state index in [9.17, 15) is 4.39 Å². The Balaban J connectivity index is 2.61. The van der Waals surface area contributed by atoms with Crippen molar-refractivity contribution in [1.82, 2.24) is 15.2 Å². The summed E-state index contributed by atoms with van der Waals surface area (Å²) in [6.07, 6.45) is 0. The highest BCUT2D eigenvalue weighted by molar-refractivity contribution is 7.71. The fourth-order valence-corrected chi connectivity index (χ4v) is 1.36. The molecule has 1 heterocycles. The van der Waals surface area contributed by atoms with E-state index in [0.29, 0.717) is 16.2 Å². The second kappa shape index (κ2) is 3.34. The molecule has 2 aromatic rings. The first-order valence-electron chi connectivity index (χ1n) is 4.08. The smallest absolute Gasteiger partial charge is 0.213 e. The summed E-state index contributed by atoms with van der Waals surface area (Å²) in [5, 5.41) is 5.34. The number of halogens is 1. The Morgan fingerprint density at radius 3 is 2.79 bits per heavy atom. The molecule has 14 heavy (non-hydrogen) atoms. The first-order valence-corrected chi connectivity index (χ1v) is 4.49. The average Bonchev–Trinajstić information content (AvgIpc) is 2.56. The van der Waals surface area contributed by atoms with Crippen molar-refractivity contribution >= 4 is 12.2 Å². The van der Waals surface area contributed by atoms with E-state index < -0.39 is 0 Å². The Bertz CT molecular complexity index is 515. The molecule has 0 spiro atoms. The maximum Gasteiger partial charge on any atom is 0.213 e. The van der Waals surface area contributed by atoms with E-state index >= 15 is 0 Å². The van der Waals surface area contributed by atoms with Crippen LogP contribution in [0, 0.1) is 17.5 Å². The van der Waals surface area contributed by atoms with Gasteiger partial charge in [0.25, 0.3) is 0 Å². The zero-order valence-corrected chi connectivity index (χ0v) is 8.28. The van der Waals surface area contributed by atoms with Crippen LogP contribution in [0.1, 0.15) is 5.56 Å². The lowest BCUT2D eigenvalue weighted by molar-refractivity contribution is 0.629.